The van der Waals surface area contributed by atoms with E-state index in [1.165, 1.54) is 18.2 Å². The van der Waals surface area contributed by atoms with Gasteiger partial charge in [0, 0.05) is 24.8 Å². The number of halogens is 1. The number of hydrogen-bond donors (Lipinski definition) is 3. The summed E-state index contributed by atoms with van der Waals surface area (Å²) in [6.45, 7) is 0.459. The average Bonchev–Trinajstić information content (AvgIpc) is 2.22. The molecule has 84 valence electrons. The van der Waals surface area contributed by atoms with Crippen molar-refractivity contribution in [3.63, 3.8) is 0 Å². The highest BCUT2D eigenvalue weighted by Gasteiger charge is 2.08. The Labute approximate surface area is 87.2 Å². The zero-order valence-electron chi connectivity index (χ0n) is 8.23. The topological polar surface area (TPSA) is 63.9 Å². The molecular weight excluding hydrogens is 201 g/mol. The zero-order chi connectivity index (χ0) is 11.3. The SMILES string of the molecule is OCCN(CCO)c1ccc(O)c(F)c1. The number of phenolic OH excluding ortho intramolecular Hbond substituents is 1. The second kappa shape index (κ2) is 5.53. The Morgan fingerprint density at radius 2 is 1.73 bits per heavy atom. The van der Waals surface area contributed by atoms with E-state index in [9.17, 15) is 4.39 Å². The third-order valence-corrected chi connectivity index (χ3v) is 2.04. The molecule has 0 unspecified atom stereocenters. The van der Waals surface area contributed by atoms with Crippen LogP contribution in [0.3, 0.4) is 0 Å². The summed E-state index contributed by atoms with van der Waals surface area (Å²) >= 11 is 0. The number of nitrogens with zero attached hydrogens (tertiary/aromatic N) is 1. The fourth-order valence-corrected chi connectivity index (χ4v) is 1.30. The third-order valence-electron chi connectivity index (χ3n) is 2.04. The predicted molar refractivity (Wildman–Crippen MR) is 54.4 cm³/mol. The van der Waals surface area contributed by atoms with E-state index in [2.05, 4.69) is 0 Å². The maximum absolute atomic E-state index is 13.0. The average molecular weight is 215 g/mol. The van der Waals surface area contributed by atoms with Crippen molar-refractivity contribution in [2.45, 2.75) is 0 Å². The van der Waals surface area contributed by atoms with Crippen LogP contribution in [0.2, 0.25) is 0 Å². The summed E-state index contributed by atoms with van der Waals surface area (Å²) in [6.07, 6.45) is 0. The van der Waals surface area contributed by atoms with Gasteiger partial charge < -0.3 is 20.2 Å². The predicted octanol–water partition coefficient (Wildman–Crippen LogP) is 0.322. The smallest absolute Gasteiger partial charge is 0.166 e. The molecule has 3 N–H and O–H groups in total. The molecule has 0 spiro atoms. The fraction of sp³-hybridized carbons (Fsp3) is 0.400. The molecule has 4 nitrogen and oxygen atoms in total. The van der Waals surface area contributed by atoms with Crippen LogP contribution in [0.4, 0.5) is 10.1 Å². The van der Waals surface area contributed by atoms with Gasteiger partial charge in [-0.1, -0.05) is 0 Å². The van der Waals surface area contributed by atoms with Gasteiger partial charge in [0.2, 0.25) is 0 Å². The van der Waals surface area contributed by atoms with Gasteiger partial charge in [0.15, 0.2) is 11.6 Å². The van der Waals surface area contributed by atoms with E-state index in [4.69, 9.17) is 15.3 Å². The normalized spacial score (nSPS) is 10.3. The lowest BCUT2D eigenvalue weighted by Gasteiger charge is -2.22. The number of rotatable bonds is 5. The molecule has 0 bridgehead atoms. The standard InChI is InChI=1S/C10H14FNO3/c11-9-7-8(1-2-10(9)15)12(3-5-13)4-6-14/h1-2,7,13-15H,3-6H2. The van der Waals surface area contributed by atoms with Gasteiger partial charge in [0.1, 0.15) is 0 Å². The van der Waals surface area contributed by atoms with Gasteiger partial charge in [-0.15, -0.1) is 0 Å². The van der Waals surface area contributed by atoms with Crippen LogP contribution in [0.1, 0.15) is 0 Å². The lowest BCUT2D eigenvalue weighted by Crippen LogP contribution is -2.29. The molecule has 5 heteroatoms. The van der Waals surface area contributed by atoms with E-state index in [0.29, 0.717) is 18.8 Å². The van der Waals surface area contributed by atoms with Crippen LogP contribution >= 0.6 is 0 Å². The van der Waals surface area contributed by atoms with Crippen molar-refractivity contribution in [2.24, 2.45) is 0 Å². The molecule has 0 heterocycles. The molecule has 0 saturated heterocycles. The highest BCUT2D eigenvalue weighted by Crippen LogP contribution is 2.22. The summed E-state index contributed by atoms with van der Waals surface area (Å²) in [5.41, 5.74) is 0.522. The van der Waals surface area contributed by atoms with E-state index in [-0.39, 0.29) is 13.2 Å². The number of hydrogen-bond acceptors (Lipinski definition) is 4. The van der Waals surface area contributed by atoms with Crippen LogP contribution < -0.4 is 4.90 Å². The molecule has 1 rings (SSSR count). The van der Waals surface area contributed by atoms with Crippen LogP contribution in [0.15, 0.2) is 18.2 Å². The summed E-state index contributed by atoms with van der Waals surface area (Å²) in [5.74, 6) is -1.12. The highest BCUT2D eigenvalue weighted by molar-refractivity contribution is 5.49. The summed E-state index contributed by atoms with van der Waals surface area (Å²) < 4.78 is 13.0. The van der Waals surface area contributed by atoms with Crippen LogP contribution in [-0.2, 0) is 0 Å². The largest absolute Gasteiger partial charge is 0.505 e. The Balaban J connectivity index is 2.85. The number of aromatic hydroxyl groups is 1. The minimum absolute atomic E-state index is 0.0809. The summed E-state index contributed by atoms with van der Waals surface area (Å²) in [5, 5.41) is 26.6. The number of phenols is 1. The molecule has 0 amide bonds. The van der Waals surface area contributed by atoms with E-state index >= 15 is 0 Å². The number of aliphatic hydroxyl groups is 2. The molecule has 0 aromatic heterocycles. The Kier molecular flexibility index (Phi) is 4.33. The fourth-order valence-electron chi connectivity index (χ4n) is 1.30. The lowest BCUT2D eigenvalue weighted by molar-refractivity contribution is 0.281. The van der Waals surface area contributed by atoms with Crippen molar-refractivity contribution in [3.8, 4) is 5.75 Å². The monoisotopic (exact) mass is 215 g/mol. The summed E-state index contributed by atoms with van der Waals surface area (Å²) in [7, 11) is 0. The molecule has 0 aliphatic heterocycles. The van der Waals surface area contributed by atoms with Crippen LogP contribution in [-0.4, -0.2) is 41.6 Å². The summed E-state index contributed by atoms with van der Waals surface area (Å²) in [4.78, 5) is 1.63. The van der Waals surface area contributed by atoms with Crippen molar-refractivity contribution >= 4 is 5.69 Å². The Morgan fingerprint density at radius 1 is 1.13 bits per heavy atom. The Hall–Kier alpha value is -1.33. The van der Waals surface area contributed by atoms with Crippen molar-refractivity contribution in [3.05, 3.63) is 24.0 Å². The maximum atomic E-state index is 13.0. The van der Waals surface area contributed by atoms with E-state index in [1.807, 2.05) is 0 Å². The molecule has 0 aliphatic carbocycles. The van der Waals surface area contributed by atoms with E-state index < -0.39 is 11.6 Å². The molecule has 1 aromatic carbocycles. The van der Waals surface area contributed by atoms with E-state index in [0.717, 1.165) is 0 Å². The Bertz CT molecular complexity index is 314. The second-order valence-electron chi connectivity index (χ2n) is 3.07. The number of anilines is 1. The van der Waals surface area contributed by atoms with Crippen molar-refractivity contribution in [1.82, 2.24) is 0 Å². The first-order chi connectivity index (χ1) is 7.19. The van der Waals surface area contributed by atoms with Crippen LogP contribution in [0.5, 0.6) is 5.75 Å². The Morgan fingerprint density at radius 3 is 2.20 bits per heavy atom. The third kappa shape index (κ3) is 3.07. The highest BCUT2D eigenvalue weighted by atomic mass is 19.1. The molecule has 15 heavy (non-hydrogen) atoms. The molecular formula is C10H14FNO3. The first-order valence-corrected chi connectivity index (χ1v) is 4.64. The second-order valence-corrected chi connectivity index (χ2v) is 3.07. The lowest BCUT2D eigenvalue weighted by atomic mass is 10.2. The van der Waals surface area contributed by atoms with Gasteiger partial charge in [-0.3, -0.25) is 0 Å². The zero-order valence-corrected chi connectivity index (χ0v) is 8.23. The van der Waals surface area contributed by atoms with Crippen molar-refractivity contribution in [1.29, 1.82) is 0 Å². The molecule has 0 aliphatic rings. The van der Waals surface area contributed by atoms with Crippen molar-refractivity contribution in [2.75, 3.05) is 31.2 Å². The minimum atomic E-state index is -0.714. The van der Waals surface area contributed by atoms with Gasteiger partial charge >= 0.3 is 0 Å². The van der Waals surface area contributed by atoms with Gasteiger partial charge in [0.25, 0.3) is 0 Å². The summed E-state index contributed by atoms with van der Waals surface area (Å²) in [6, 6.07) is 3.94. The first-order valence-electron chi connectivity index (χ1n) is 4.64. The van der Waals surface area contributed by atoms with Gasteiger partial charge in [-0.25, -0.2) is 4.39 Å². The van der Waals surface area contributed by atoms with Crippen LogP contribution in [0, 0.1) is 5.82 Å². The van der Waals surface area contributed by atoms with E-state index in [1.54, 1.807) is 4.90 Å². The first kappa shape index (κ1) is 11.7. The molecule has 0 atom stereocenters. The maximum Gasteiger partial charge on any atom is 0.166 e. The minimum Gasteiger partial charge on any atom is -0.505 e. The number of benzene rings is 1. The quantitative estimate of drug-likeness (QED) is 0.662. The van der Waals surface area contributed by atoms with Gasteiger partial charge in [-0.2, -0.15) is 0 Å². The molecule has 1 aromatic rings. The van der Waals surface area contributed by atoms with Crippen molar-refractivity contribution < 1.29 is 19.7 Å². The number of aliphatic hydroxyl groups excluding tert-OH is 2. The molecule has 0 radical (unpaired) electrons. The molecule has 0 fully saturated rings. The van der Waals surface area contributed by atoms with Crippen LogP contribution in [0.25, 0.3) is 0 Å². The van der Waals surface area contributed by atoms with Gasteiger partial charge in [0.05, 0.1) is 13.2 Å². The molecule has 0 saturated carbocycles. The van der Waals surface area contributed by atoms with Gasteiger partial charge in [-0.05, 0) is 12.1 Å².